The van der Waals surface area contributed by atoms with Crippen molar-refractivity contribution in [3.8, 4) is 17.6 Å². The number of Topliss-reactive ketones (excluding diaryl/α,β-unsaturated/α-hetero) is 1. The number of likely N-dealkylation sites (tertiary alicyclic amines) is 1. The van der Waals surface area contributed by atoms with Gasteiger partial charge in [-0.3, -0.25) is 9.69 Å². The van der Waals surface area contributed by atoms with Crippen molar-refractivity contribution in [3.63, 3.8) is 0 Å². The lowest BCUT2D eigenvalue weighted by Gasteiger charge is -2.30. The lowest BCUT2D eigenvalue weighted by molar-refractivity contribution is -0.121. The Balaban J connectivity index is 2.31. The molecule has 0 aromatic heterocycles. The maximum atomic E-state index is 11.3. The lowest BCUT2D eigenvalue weighted by atomic mass is 10.0. The van der Waals surface area contributed by atoms with E-state index in [1.807, 2.05) is 11.0 Å². The number of nitrogens with zero attached hydrogens (tertiary/aromatic N) is 2. The van der Waals surface area contributed by atoms with Crippen LogP contribution in [-0.2, 0) is 4.79 Å². The van der Waals surface area contributed by atoms with Crippen LogP contribution in [0, 0.1) is 11.3 Å². The molecule has 1 fully saturated rings. The highest BCUT2D eigenvalue weighted by atomic mass is 16.5. The number of hydrogen-bond donors (Lipinski definition) is 0. The van der Waals surface area contributed by atoms with E-state index in [-0.39, 0.29) is 5.78 Å². The van der Waals surface area contributed by atoms with Crippen molar-refractivity contribution in [2.45, 2.75) is 18.9 Å². The average Bonchev–Trinajstić information content (AvgIpc) is 2.49. The van der Waals surface area contributed by atoms with E-state index in [4.69, 9.17) is 9.47 Å². The summed E-state index contributed by atoms with van der Waals surface area (Å²) in [6.45, 7) is 1.22. The van der Waals surface area contributed by atoms with E-state index < -0.39 is 6.04 Å². The maximum absolute atomic E-state index is 11.3. The number of ketones is 1. The van der Waals surface area contributed by atoms with Gasteiger partial charge in [-0.15, -0.1) is 0 Å². The van der Waals surface area contributed by atoms with E-state index >= 15 is 0 Å². The van der Waals surface area contributed by atoms with Crippen LogP contribution >= 0.6 is 0 Å². The Morgan fingerprint density at radius 1 is 1.25 bits per heavy atom. The van der Waals surface area contributed by atoms with Gasteiger partial charge in [-0.25, -0.2) is 0 Å². The summed E-state index contributed by atoms with van der Waals surface area (Å²) < 4.78 is 10.6. The summed E-state index contributed by atoms with van der Waals surface area (Å²) in [5.74, 6) is 1.61. The first kappa shape index (κ1) is 14.4. The molecule has 106 valence electrons. The van der Waals surface area contributed by atoms with Gasteiger partial charge in [0.15, 0.2) is 0 Å². The van der Waals surface area contributed by atoms with Gasteiger partial charge in [-0.1, -0.05) is 0 Å². The summed E-state index contributed by atoms with van der Waals surface area (Å²) in [7, 11) is 3.17. The van der Waals surface area contributed by atoms with E-state index in [1.54, 1.807) is 26.4 Å². The second kappa shape index (κ2) is 6.40. The summed E-state index contributed by atoms with van der Waals surface area (Å²) in [6.07, 6.45) is 1.01. The van der Waals surface area contributed by atoms with Crippen LogP contribution in [0.1, 0.15) is 24.4 Å². The third kappa shape index (κ3) is 2.91. The number of ether oxygens (including phenoxy) is 2. The normalized spacial score (nSPS) is 17.4. The number of piperidine rings is 1. The number of nitriles is 1. The molecule has 0 aliphatic carbocycles. The summed E-state index contributed by atoms with van der Waals surface area (Å²) in [5, 5.41) is 9.51. The van der Waals surface area contributed by atoms with Gasteiger partial charge in [-0.2, -0.15) is 5.26 Å². The topological polar surface area (TPSA) is 62.6 Å². The van der Waals surface area contributed by atoms with E-state index in [2.05, 4.69) is 6.07 Å². The zero-order valence-electron chi connectivity index (χ0n) is 11.8. The molecule has 1 aromatic rings. The SMILES string of the molecule is COc1ccc(OC)c(C(C#N)N2CCC(=O)CC2)c1. The first-order valence-electron chi connectivity index (χ1n) is 6.57. The molecule has 1 aliphatic heterocycles. The molecule has 0 bridgehead atoms. The molecule has 1 saturated heterocycles. The lowest BCUT2D eigenvalue weighted by Crippen LogP contribution is -2.36. The third-order valence-electron chi connectivity index (χ3n) is 3.57. The molecule has 2 rings (SSSR count). The van der Waals surface area contributed by atoms with Crippen molar-refractivity contribution < 1.29 is 14.3 Å². The first-order chi connectivity index (χ1) is 9.69. The molecule has 0 amide bonds. The molecule has 5 nitrogen and oxygen atoms in total. The van der Waals surface area contributed by atoms with Crippen LogP contribution in [0.5, 0.6) is 11.5 Å². The van der Waals surface area contributed by atoms with E-state index in [1.165, 1.54) is 0 Å². The standard InChI is InChI=1S/C15H18N2O3/c1-19-12-3-4-15(20-2)13(9-12)14(10-16)17-7-5-11(18)6-8-17/h3-4,9,14H,5-8H2,1-2H3. The van der Waals surface area contributed by atoms with Gasteiger partial charge < -0.3 is 9.47 Å². The molecule has 1 atom stereocenters. The molecule has 20 heavy (non-hydrogen) atoms. The van der Waals surface area contributed by atoms with Crippen molar-refractivity contribution in [3.05, 3.63) is 23.8 Å². The first-order valence-corrected chi connectivity index (χ1v) is 6.57. The van der Waals surface area contributed by atoms with E-state index in [0.29, 0.717) is 37.4 Å². The second-order valence-corrected chi connectivity index (χ2v) is 4.71. The fourth-order valence-electron chi connectivity index (χ4n) is 2.43. The minimum absolute atomic E-state index is 0.260. The third-order valence-corrected chi connectivity index (χ3v) is 3.57. The summed E-state index contributed by atoms with van der Waals surface area (Å²) in [5.41, 5.74) is 0.781. The highest BCUT2D eigenvalue weighted by Crippen LogP contribution is 2.33. The highest BCUT2D eigenvalue weighted by molar-refractivity contribution is 5.79. The Morgan fingerprint density at radius 3 is 2.50 bits per heavy atom. The second-order valence-electron chi connectivity index (χ2n) is 4.71. The van der Waals surface area contributed by atoms with Crippen molar-refractivity contribution in [2.24, 2.45) is 0 Å². The predicted octanol–water partition coefficient (Wildman–Crippen LogP) is 1.93. The van der Waals surface area contributed by atoms with E-state index in [0.717, 1.165) is 5.56 Å². The van der Waals surface area contributed by atoms with Gasteiger partial charge in [-0.05, 0) is 18.2 Å². The van der Waals surface area contributed by atoms with Crippen LogP contribution in [0.3, 0.4) is 0 Å². The molecule has 1 aliphatic rings. The number of carbonyl (C=O) groups is 1. The van der Waals surface area contributed by atoms with Crippen LogP contribution in [0.15, 0.2) is 18.2 Å². The molecule has 1 heterocycles. The molecular formula is C15H18N2O3. The van der Waals surface area contributed by atoms with Crippen molar-refractivity contribution in [1.29, 1.82) is 5.26 Å². The Hall–Kier alpha value is -2.06. The van der Waals surface area contributed by atoms with Gasteiger partial charge in [0, 0.05) is 31.5 Å². The van der Waals surface area contributed by atoms with Gasteiger partial charge in [0.25, 0.3) is 0 Å². The molecule has 0 saturated carbocycles. The zero-order chi connectivity index (χ0) is 14.5. The molecule has 0 spiro atoms. The smallest absolute Gasteiger partial charge is 0.135 e. The van der Waals surface area contributed by atoms with Crippen LogP contribution in [-0.4, -0.2) is 38.0 Å². The van der Waals surface area contributed by atoms with Crippen LogP contribution in [0.25, 0.3) is 0 Å². The molecule has 0 radical (unpaired) electrons. The summed E-state index contributed by atoms with van der Waals surface area (Å²) in [4.78, 5) is 13.3. The Kier molecular flexibility index (Phi) is 4.59. The maximum Gasteiger partial charge on any atom is 0.135 e. The van der Waals surface area contributed by atoms with Crippen molar-refractivity contribution in [2.75, 3.05) is 27.3 Å². The Morgan fingerprint density at radius 2 is 1.95 bits per heavy atom. The largest absolute Gasteiger partial charge is 0.497 e. The fourth-order valence-corrected chi connectivity index (χ4v) is 2.43. The average molecular weight is 274 g/mol. The number of hydrogen-bond acceptors (Lipinski definition) is 5. The molecule has 1 unspecified atom stereocenters. The Bertz CT molecular complexity index is 526. The Labute approximate surface area is 118 Å². The quantitative estimate of drug-likeness (QED) is 0.839. The number of benzene rings is 1. The van der Waals surface area contributed by atoms with Crippen LogP contribution in [0.4, 0.5) is 0 Å². The number of carbonyl (C=O) groups excluding carboxylic acids is 1. The van der Waals surface area contributed by atoms with E-state index in [9.17, 15) is 10.1 Å². The number of rotatable bonds is 4. The van der Waals surface area contributed by atoms with Gasteiger partial charge >= 0.3 is 0 Å². The summed E-state index contributed by atoms with van der Waals surface area (Å²) >= 11 is 0. The van der Waals surface area contributed by atoms with Gasteiger partial charge in [0.1, 0.15) is 23.3 Å². The van der Waals surface area contributed by atoms with Crippen LogP contribution in [0.2, 0.25) is 0 Å². The number of methoxy groups -OCH3 is 2. The van der Waals surface area contributed by atoms with Crippen LogP contribution < -0.4 is 9.47 Å². The monoisotopic (exact) mass is 274 g/mol. The van der Waals surface area contributed by atoms with Crippen molar-refractivity contribution in [1.82, 2.24) is 4.90 Å². The zero-order valence-corrected chi connectivity index (χ0v) is 11.8. The van der Waals surface area contributed by atoms with Crippen molar-refractivity contribution >= 4 is 5.78 Å². The minimum Gasteiger partial charge on any atom is -0.497 e. The molecule has 5 heteroatoms. The summed E-state index contributed by atoms with van der Waals surface area (Å²) in [6, 6.07) is 7.31. The van der Waals surface area contributed by atoms with Gasteiger partial charge in [0.05, 0.1) is 20.3 Å². The predicted molar refractivity (Wildman–Crippen MR) is 73.7 cm³/mol. The van der Waals surface area contributed by atoms with Gasteiger partial charge in [0.2, 0.25) is 0 Å². The highest BCUT2D eigenvalue weighted by Gasteiger charge is 2.27. The minimum atomic E-state index is -0.423. The molecule has 1 aromatic carbocycles. The molecular weight excluding hydrogens is 256 g/mol. The fraction of sp³-hybridized carbons (Fsp3) is 0.467. The molecule has 0 N–H and O–H groups in total.